The highest BCUT2D eigenvalue weighted by Gasteiger charge is 2.30. The predicted octanol–water partition coefficient (Wildman–Crippen LogP) is 3.52. The zero-order valence-corrected chi connectivity index (χ0v) is 23.9. The third kappa shape index (κ3) is 6.34. The summed E-state index contributed by atoms with van der Waals surface area (Å²) in [6, 6.07) is 9.77. The molecule has 10 nitrogen and oxygen atoms in total. The van der Waals surface area contributed by atoms with E-state index in [1.807, 2.05) is 0 Å². The van der Waals surface area contributed by atoms with Gasteiger partial charge in [0.05, 0.1) is 36.8 Å². The van der Waals surface area contributed by atoms with E-state index in [0.29, 0.717) is 41.6 Å². The molecule has 1 aliphatic rings. The van der Waals surface area contributed by atoms with Crippen molar-refractivity contribution in [1.29, 1.82) is 0 Å². The second-order valence-electron chi connectivity index (χ2n) is 9.12. The molecule has 208 valence electrons. The van der Waals surface area contributed by atoms with E-state index in [-0.39, 0.29) is 29.2 Å². The summed E-state index contributed by atoms with van der Waals surface area (Å²) in [7, 11) is 1.25. The maximum atomic E-state index is 13.3. The molecule has 1 fully saturated rings. The van der Waals surface area contributed by atoms with Crippen LogP contribution >= 0.6 is 11.3 Å². The number of ether oxygens (including phenoxy) is 3. The van der Waals surface area contributed by atoms with Crippen molar-refractivity contribution in [3.8, 4) is 17.2 Å². The first-order chi connectivity index (χ1) is 18.7. The Labute approximate surface area is 231 Å². The van der Waals surface area contributed by atoms with E-state index in [0.717, 1.165) is 29.7 Å². The Morgan fingerprint density at radius 1 is 1.00 bits per heavy atom. The lowest BCUT2D eigenvalue weighted by molar-refractivity contribution is 0.0708. The van der Waals surface area contributed by atoms with Crippen LogP contribution in [0.2, 0.25) is 0 Å². The minimum absolute atomic E-state index is 0.143. The van der Waals surface area contributed by atoms with Crippen LogP contribution in [-0.2, 0) is 16.4 Å². The molecule has 0 atom stereocenters. The maximum absolute atomic E-state index is 13.3. The minimum atomic E-state index is -3.27. The van der Waals surface area contributed by atoms with Gasteiger partial charge in [0.15, 0.2) is 21.3 Å². The Morgan fingerprint density at radius 3 is 2.26 bits per heavy atom. The lowest BCUT2D eigenvalue weighted by Gasteiger charge is -2.31. The Bertz CT molecular complexity index is 1440. The van der Waals surface area contributed by atoms with Crippen molar-refractivity contribution in [3.05, 3.63) is 63.6 Å². The number of hydrogen-bond acceptors (Lipinski definition) is 9. The number of nitrogens with zero attached hydrogens (tertiary/aromatic N) is 2. The van der Waals surface area contributed by atoms with Crippen molar-refractivity contribution >= 4 is 33.0 Å². The van der Waals surface area contributed by atoms with Gasteiger partial charge in [-0.1, -0.05) is 12.1 Å². The number of benzene rings is 2. The number of rotatable bonds is 9. The molecule has 1 aromatic heterocycles. The van der Waals surface area contributed by atoms with Crippen molar-refractivity contribution in [1.82, 2.24) is 15.2 Å². The number of likely N-dealkylation sites (tertiary alicyclic amines) is 1. The summed E-state index contributed by atoms with van der Waals surface area (Å²) in [5.41, 5.74) is 1.54. The molecule has 39 heavy (non-hydrogen) atoms. The highest BCUT2D eigenvalue weighted by Crippen LogP contribution is 2.41. The van der Waals surface area contributed by atoms with Crippen LogP contribution in [0.25, 0.3) is 0 Å². The molecule has 12 heteroatoms. The van der Waals surface area contributed by atoms with E-state index in [1.54, 1.807) is 34.5 Å². The quantitative estimate of drug-likeness (QED) is 0.412. The molecule has 2 aromatic carbocycles. The van der Waals surface area contributed by atoms with Gasteiger partial charge in [-0.3, -0.25) is 9.59 Å². The lowest BCUT2D eigenvalue weighted by Crippen LogP contribution is -2.38. The first-order valence-corrected chi connectivity index (χ1v) is 15.0. The first kappa shape index (κ1) is 28.4. The molecule has 4 rings (SSSR count). The molecule has 1 N–H and O–H groups in total. The van der Waals surface area contributed by atoms with Crippen LogP contribution in [0, 0.1) is 0 Å². The van der Waals surface area contributed by atoms with Crippen molar-refractivity contribution in [2.24, 2.45) is 0 Å². The number of carbonyl (C=O) groups is 2. The number of piperidine rings is 1. The van der Waals surface area contributed by atoms with Crippen LogP contribution in [0.5, 0.6) is 17.2 Å². The van der Waals surface area contributed by atoms with Gasteiger partial charge in [-0.05, 0) is 42.7 Å². The number of nitrogens with one attached hydrogen (secondary N) is 1. The largest absolute Gasteiger partial charge is 0.493 e. The highest BCUT2D eigenvalue weighted by molar-refractivity contribution is 7.90. The third-order valence-corrected chi connectivity index (χ3v) is 8.76. The van der Waals surface area contributed by atoms with E-state index >= 15 is 0 Å². The zero-order valence-electron chi connectivity index (χ0n) is 22.2. The van der Waals surface area contributed by atoms with Crippen molar-refractivity contribution in [2.75, 3.05) is 40.7 Å². The average Bonchev–Trinajstić information content (AvgIpc) is 3.45. The first-order valence-electron chi connectivity index (χ1n) is 12.3. The van der Waals surface area contributed by atoms with Gasteiger partial charge in [0.1, 0.15) is 5.69 Å². The van der Waals surface area contributed by atoms with Crippen molar-refractivity contribution in [2.45, 2.75) is 30.2 Å². The summed E-state index contributed by atoms with van der Waals surface area (Å²) in [4.78, 5) is 32.5. The fraction of sp³-hybridized carbons (Fsp3) is 0.370. The molecule has 0 saturated carbocycles. The predicted molar refractivity (Wildman–Crippen MR) is 147 cm³/mol. The van der Waals surface area contributed by atoms with Gasteiger partial charge in [-0.25, -0.2) is 13.4 Å². The van der Waals surface area contributed by atoms with Crippen LogP contribution in [0.1, 0.15) is 50.2 Å². The van der Waals surface area contributed by atoms with Gasteiger partial charge in [0.2, 0.25) is 5.75 Å². The monoisotopic (exact) mass is 573 g/mol. The van der Waals surface area contributed by atoms with Gasteiger partial charge in [-0.15, -0.1) is 11.3 Å². The van der Waals surface area contributed by atoms with E-state index in [1.165, 1.54) is 44.8 Å². The minimum Gasteiger partial charge on any atom is -0.493 e. The van der Waals surface area contributed by atoms with E-state index in [2.05, 4.69) is 10.3 Å². The lowest BCUT2D eigenvalue weighted by atomic mass is 9.97. The summed E-state index contributed by atoms with van der Waals surface area (Å²) in [5.74, 6) is 0.911. The van der Waals surface area contributed by atoms with Gasteiger partial charge >= 0.3 is 0 Å². The molecule has 0 radical (unpaired) electrons. The summed E-state index contributed by atoms with van der Waals surface area (Å²) in [6.07, 6.45) is 2.60. The van der Waals surface area contributed by atoms with Crippen LogP contribution < -0.4 is 19.5 Å². The third-order valence-electron chi connectivity index (χ3n) is 6.63. The molecule has 0 aliphatic carbocycles. The van der Waals surface area contributed by atoms with E-state index < -0.39 is 9.84 Å². The van der Waals surface area contributed by atoms with Crippen molar-refractivity contribution < 1.29 is 32.2 Å². The standard InChI is InChI=1S/C27H31N3O7S2/c1-35-22-10-9-20(23(36-2)24(22)37-3)27(32)30-13-11-18(12-14-30)26-29-21(16-38-26)25(31)28-15-17-5-7-19(8-6-17)39(4,33)34/h5-10,16,18H,11-15H2,1-4H3,(H,28,31). The molecule has 2 amide bonds. The summed E-state index contributed by atoms with van der Waals surface area (Å²) < 4.78 is 39.4. The van der Waals surface area contributed by atoms with Gasteiger partial charge in [0, 0.05) is 37.2 Å². The van der Waals surface area contributed by atoms with Crippen LogP contribution in [-0.4, -0.2) is 70.8 Å². The van der Waals surface area contributed by atoms with Crippen molar-refractivity contribution in [3.63, 3.8) is 0 Å². The van der Waals surface area contributed by atoms with Crippen LogP contribution in [0.15, 0.2) is 46.7 Å². The Kier molecular flexibility index (Phi) is 8.76. The Balaban J connectivity index is 1.34. The summed E-state index contributed by atoms with van der Waals surface area (Å²) in [6.45, 7) is 1.35. The molecule has 0 unspecified atom stereocenters. The van der Waals surface area contributed by atoms with E-state index in [4.69, 9.17) is 14.2 Å². The molecule has 0 bridgehead atoms. The smallest absolute Gasteiger partial charge is 0.271 e. The molecule has 0 spiro atoms. The SMILES string of the molecule is COc1ccc(C(=O)N2CCC(c3nc(C(=O)NCc4ccc(S(C)(=O)=O)cc4)cs3)CC2)c(OC)c1OC. The number of methoxy groups -OCH3 is 3. The number of aromatic nitrogens is 1. The van der Waals surface area contributed by atoms with Gasteiger partial charge < -0.3 is 24.4 Å². The van der Waals surface area contributed by atoms with Crippen LogP contribution in [0.3, 0.4) is 0 Å². The molecule has 2 heterocycles. The average molecular weight is 574 g/mol. The topological polar surface area (TPSA) is 124 Å². The molecular weight excluding hydrogens is 542 g/mol. The van der Waals surface area contributed by atoms with E-state index in [9.17, 15) is 18.0 Å². The fourth-order valence-corrected chi connectivity index (χ4v) is 6.08. The Morgan fingerprint density at radius 2 is 1.67 bits per heavy atom. The highest BCUT2D eigenvalue weighted by atomic mass is 32.2. The molecule has 1 saturated heterocycles. The fourth-order valence-electron chi connectivity index (χ4n) is 4.48. The summed E-state index contributed by atoms with van der Waals surface area (Å²) in [5, 5.41) is 5.44. The molecule has 3 aromatic rings. The second-order valence-corrected chi connectivity index (χ2v) is 12.0. The zero-order chi connectivity index (χ0) is 28.2. The number of thiazole rings is 1. The molecule has 1 aliphatic heterocycles. The second kappa shape index (κ2) is 12.0. The van der Waals surface area contributed by atoms with Gasteiger partial charge in [-0.2, -0.15) is 0 Å². The summed E-state index contributed by atoms with van der Waals surface area (Å²) >= 11 is 1.44. The number of carbonyl (C=O) groups excluding carboxylic acids is 2. The maximum Gasteiger partial charge on any atom is 0.271 e. The normalized spacial score (nSPS) is 14.1. The number of amides is 2. The Hall–Kier alpha value is -3.64. The molecular formula is C27H31N3O7S2. The van der Waals surface area contributed by atoms with Gasteiger partial charge in [0.25, 0.3) is 11.8 Å². The number of hydrogen-bond donors (Lipinski definition) is 1. The number of sulfone groups is 1. The van der Waals surface area contributed by atoms with Crippen LogP contribution in [0.4, 0.5) is 0 Å².